The Morgan fingerprint density at radius 1 is 1.06 bits per heavy atom. The molecule has 166 valence electrons. The van der Waals surface area contributed by atoms with Crippen LogP contribution in [-0.4, -0.2) is 52.8 Å². The second kappa shape index (κ2) is 8.34. The molecule has 2 aromatic carbocycles. The fraction of sp³-hybridized carbons (Fsp3) is 0.385. The van der Waals surface area contributed by atoms with Gasteiger partial charge in [-0.3, -0.25) is 9.59 Å². The molecule has 2 atom stereocenters. The Hall–Kier alpha value is -3.28. The lowest BCUT2D eigenvalue weighted by molar-refractivity contribution is -0.158. The van der Waals surface area contributed by atoms with E-state index in [0.29, 0.717) is 18.7 Å². The van der Waals surface area contributed by atoms with Crippen molar-refractivity contribution in [3.05, 3.63) is 65.4 Å². The first-order chi connectivity index (χ1) is 15.6. The maximum absolute atomic E-state index is 13.6. The molecule has 3 heterocycles. The fourth-order valence-corrected chi connectivity index (χ4v) is 5.28. The highest BCUT2D eigenvalue weighted by atomic mass is 16.5. The lowest BCUT2D eigenvalue weighted by Gasteiger charge is -2.47. The number of hydrogen-bond acceptors (Lipinski definition) is 3. The van der Waals surface area contributed by atoms with E-state index >= 15 is 0 Å². The number of amides is 2. The van der Waals surface area contributed by atoms with Crippen molar-refractivity contribution in [1.82, 2.24) is 14.8 Å². The van der Waals surface area contributed by atoms with E-state index in [0.717, 1.165) is 47.0 Å². The monoisotopic (exact) mass is 431 g/mol. The van der Waals surface area contributed by atoms with Crippen LogP contribution in [0.4, 0.5) is 0 Å². The van der Waals surface area contributed by atoms with Crippen molar-refractivity contribution in [2.45, 2.75) is 44.7 Å². The number of para-hydroxylation sites is 2. The maximum atomic E-state index is 13.6. The molecular formula is C26H29N3O3. The first kappa shape index (κ1) is 20.6. The summed E-state index contributed by atoms with van der Waals surface area (Å²) in [6.45, 7) is 2.92. The van der Waals surface area contributed by atoms with Gasteiger partial charge in [-0.25, -0.2) is 0 Å². The van der Waals surface area contributed by atoms with E-state index in [1.807, 2.05) is 42.5 Å². The summed E-state index contributed by atoms with van der Waals surface area (Å²) in [5, 5.41) is 1.12. The number of ether oxygens (including phenoxy) is 1. The molecule has 5 rings (SSSR count). The Bertz CT molecular complexity index is 1170. The molecule has 3 aromatic rings. The topological polar surface area (TPSA) is 65.6 Å². The molecule has 2 amide bonds. The normalized spacial score (nSPS) is 20.4. The molecule has 0 unspecified atom stereocenters. The highest BCUT2D eigenvalue weighted by molar-refractivity contribution is 5.97. The number of hydrogen-bond donors (Lipinski definition) is 1. The van der Waals surface area contributed by atoms with Gasteiger partial charge < -0.3 is 19.5 Å². The van der Waals surface area contributed by atoms with Crippen LogP contribution in [-0.2, 0) is 16.0 Å². The molecule has 6 nitrogen and oxygen atoms in total. The minimum atomic E-state index is -0.500. The molecule has 1 N–H and O–H groups in total. The second-order valence-electron chi connectivity index (χ2n) is 8.70. The molecular weight excluding hydrogens is 402 g/mol. The van der Waals surface area contributed by atoms with Gasteiger partial charge in [0.1, 0.15) is 17.8 Å². The summed E-state index contributed by atoms with van der Waals surface area (Å²) in [5.74, 6) is 0.760. The molecule has 2 aliphatic heterocycles. The molecule has 1 saturated heterocycles. The molecule has 6 heteroatoms. The highest BCUT2D eigenvalue weighted by Crippen LogP contribution is 2.44. The lowest BCUT2D eigenvalue weighted by Crippen LogP contribution is -2.63. The van der Waals surface area contributed by atoms with Crippen molar-refractivity contribution >= 4 is 22.7 Å². The minimum absolute atomic E-state index is 0.00805. The third-order valence-electron chi connectivity index (χ3n) is 6.81. The third kappa shape index (κ3) is 3.25. The molecule has 1 aromatic heterocycles. The Morgan fingerprint density at radius 2 is 1.84 bits per heavy atom. The van der Waals surface area contributed by atoms with Crippen molar-refractivity contribution in [2.75, 3.05) is 20.2 Å². The number of piperazine rings is 1. The zero-order valence-corrected chi connectivity index (χ0v) is 18.6. The van der Waals surface area contributed by atoms with E-state index in [1.54, 1.807) is 16.9 Å². The number of carbonyl (C=O) groups excluding carboxylic acids is 2. The van der Waals surface area contributed by atoms with E-state index < -0.39 is 6.04 Å². The SMILES string of the molecule is CCCCCN1CC(=O)N2[C@@H](c3ccccc3OC)c3[nH]c4ccccc4c3C[C@H]2C1=O. The van der Waals surface area contributed by atoms with Gasteiger partial charge in [0.05, 0.1) is 13.7 Å². The summed E-state index contributed by atoms with van der Waals surface area (Å²) in [5.41, 5.74) is 4.02. The number of H-pyrrole nitrogens is 1. The van der Waals surface area contributed by atoms with Gasteiger partial charge in [0.2, 0.25) is 11.8 Å². The number of fused-ring (bicyclic) bond motifs is 4. The number of methoxy groups -OCH3 is 1. The predicted molar refractivity (Wildman–Crippen MR) is 124 cm³/mol. The van der Waals surface area contributed by atoms with Crippen LogP contribution in [0.3, 0.4) is 0 Å². The van der Waals surface area contributed by atoms with E-state index in [9.17, 15) is 9.59 Å². The fourth-order valence-electron chi connectivity index (χ4n) is 5.28. The average molecular weight is 432 g/mol. The highest BCUT2D eigenvalue weighted by Gasteiger charge is 2.48. The Balaban J connectivity index is 1.64. The van der Waals surface area contributed by atoms with Crippen LogP contribution in [0.1, 0.15) is 49.0 Å². The van der Waals surface area contributed by atoms with Gasteiger partial charge in [-0.1, -0.05) is 56.2 Å². The van der Waals surface area contributed by atoms with Crippen molar-refractivity contribution in [1.29, 1.82) is 0 Å². The van der Waals surface area contributed by atoms with Crippen LogP contribution in [0.15, 0.2) is 48.5 Å². The Morgan fingerprint density at radius 3 is 2.66 bits per heavy atom. The first-order valence-corrected chi connectivity index (χ1v) is 11.5. The van der Waals surface area contributed by atoms with Gasteiger partial charge in [-0.2, -0.15) is 0 Å². The van der Waals surface area contributed by atoms with Crippen LogP contribution in [0.5, 0.6) is 5.75 Å². The maximum Gasteiger partial charge on any atom is 0.246 e. The quantitative estimate of drug-likeness (QED) is 0.599. The number of nitrogens with zero attached hydrogens (tertiary/aromatic N) is 2. The smallest absolute Gasteiger partial charge is 0.246 e. The number of aromatic amines is 1. The van der Waals surface area contributed by atoms with Crippen molar-refractivity contribution in [3.8, 4) is 5.75 Å². The predicted octanol–water partition coefficient (Wildman–Crippen LogP) is 4.05. The number of benzene rings is 2. The zero-order chi connectivity index (χ0) is 22.2. The summed E-state index contributed by atoms with van der Waals surface area (Å²) < 4.78 is 5.67. The molecule has 0 spiro atoms. The van der Waals surface area contributed by atoms with Crippen LogP contribution in [0.25, 0.3) is 10.9 Å². The van der Waals surface area contributed by atoms with Gasteiger partial charge >= 0.3 is 0 Å². The summed E-state index contributed by atoms with van der Waals surface area (Å²) in [6.07, 6.45) is 3.60. The largest absolute Gasteiger partial charge is 0.496 e. The van der Waals surface area contributed by atoms with Crippen LogP contribution in [0, 0.1) is 0 Å². The van der Waals surface area contributed by atoms with Crippen molar-refractivity contribution in [3.63, 3.8) is 0 Å². The van der Waals surface area contributed by atoms with Gasteiger partial charge in [0, 0.05) is 35.1 Å². The van der Waals surface area contributed by atoms with Crippen LogP contribution >= 0.6 is 0 Å². The number of nitrogens with one attached hydrogen (secondary N) is 1. The first-order valence-electron chi connectivity index (χ1n) is 11.5. The molecule has 0 aliphatic carbocycles. The second-order valence-corrected chi connectivity index (χ2v) is 8.70. The zero-order valence-electron chi connectivity index (χ0n) is 18.6. The number of carbonyl (C=O) groups is 2. The lowest BCUT2D eigenvalue weighted by atomic mass is 9.86. The Labute approximate surface area is 188 Å². The summed E-state index contributed by atoms with van der Waals surface area (Å²) in [4.78, 5) is 34.2. The summed E-state index contributed by atoms with van der Waals surface area (Å²) in [6, 6.07) is 15.1. The molecule has 2 aliphatic rings. The number of rotatable bonds is 6. The van der Waals surface area contributed by atoms with E-state index in [2.05, 4.69) is 18.0 Å². The standard InChI is InChI=1S/C26H29N3O3/c1-3-4-9-14-28-16-23(30)29-21(26(28)31)15-19-17-10-5-7-12-20(17)27-24(19)25(29)18-11-6-8-13-22(18)32-2/h5-8,10-13,21,25,27H,3-4,9,14-16H2,1-2H3/t21-,25-/m0/s1. The van der Waals surface area contributed by atoms with Gasteiger partial charge in [-0.05, 0) is 24.1 Å². The molecule has 0 radical (unpaired) electrons. The van der Waals surface area contributed by atoms with E-state index in [-0.39, 0.29) is 24.4 Å². The molecule has 1 fully saturated rings. The average Bonchev–Trinajstić information content (AvgIpc) is 3.19. The summed E-state index contributed by atoms with van der Waals surface area (Å²) in [7, 11) is 1.64. The third-order valence-corrected chi connectivity index (χ3v) is 6.81. The van der Waals surface area contributed by atoms with E-state index in [4.69, 9.17) is 4.74 Å². The minimum Gasteiger partial charge on any atom is -0.496 e. The van der Waals surface area contributed by atoms with Crippen LogP contribution < -0.4 is 4.74 Å². The van der Waals surface area contributed by atoms with Crippen molar-refractivity contribution in [2.24, 2.45) is 0 Å². The van der Waals surface area contributed by atoms with Gasteiger partial charge in [0.25, 0.3) is 0 Å². The number of aromatic nitrogens is 1. The van der Waals surface area contributed by atoms with Gasteiger partial charge in [0.15, 0.2) is 0 Å². The van der Waals surface area contributed by atoms with E-state index in [1.165, 1.54) is 0 Å². The number of unbranched alkanes of at least 4 members (excludes halogenated alkanes) is 2. The Kier molecular flexibility index (Phi) is 5.37. The summed E-state index contributed by atoms with van der Waals surface area (Å²) >= 11 is 0. The van der Waals surface area contributed by atoms with Crippen LogP contribution in [0.2, 0.25) is 0 Å². The van der Waals surface area contributed by atoms with Gasteiger partial charge in [-0.15, -0.1) is 0 Å². The molecule has 0 saturated carbocycles. The molecule has 32 heavy (non-hydrogen) atoms. The molecule has 0 bridgehead atoms. The van der Waals surface area contributed by atoms with Crippen molar-refractivity contribution < 1.29 is 14.3 Å².